The smallest absolute Gasteiger partial charge is 0.343 e. The predicted octanol–water partition coefficient (Wildman–Crippen LogP) is 4.22. The minimum Gasteiger partial charge on any atom is -0.423 e. The maximum atomic E-state index is 11.9. The number of amides is 1. The molecule has 114 valence electrons. The Bertz CT molecular complexity index is 796. The lowest BCUT2D eigenvalue weighted by atomic mass is 10.2. The van der Waals surface area contributed by atoms with Gasteiger partial charge in [-0.3, -0.25) is 4.79 Å². The van der Waals surface area contributed by atoms with Crippen LogP contribution in [0.3, 0.4) is 0 Å². The summed E-state index contributed by atoms with van der Waals surface area (Å²) < 4.78 is 5.28. The number of ether oxygens (including phenoxy) is 1. The van der Waals surface area contributed by atoms with Crippen LogP contribution in [0.15, 0.2) is 72.1 Å². The van der Waals surface area contributed by atoms with Crippen LogP contribution in [0.5, 0.6) is 5.75 Å². The molecule has 0 fully saturated rings. The molecule has 0 spiro atoms. The number of thiophene rings is 1. The van der Waals surface area contributed by atoms with Crippen LogP contribution >= 0.6 is 11.3 Å². The first-order chi connectivity index (χ1) is 11.2. The zero-order valence-corrected chi connectivity index (χ0v) is 12.9. The van der Waals surface area contributed by atoms with Crippen molar-refractivity contribution in [3.8, 4) is 5.75 Å². The van der Waals surface area contributed by atoms with Gasteiger partial charge in [0, 0.05) is 5.69 Å². The summed E-state index contributed by atoms with van der Waals surface area (Å²) in [5.41, 5.74) is 1.13. The third-order valence-corrected chi connectivity index (χ3v) is 3.95. The van der Waals surface area contributed by atoms with E-state index in [1.165, 1.54) is 11.3 Å². The van der Waals surface area contributed by atoms with Crippen LogP contribution in [0.25, 0.3) is 0 Å². The molecule has 1 aromatic heterocycles. The van der Waals surface area contributed by atoms with Crippen LogP contribution in [-0.4, -0.2) is 11.9 Å². The Balaban J connectivity index is 1.63. The number of hydrogen-bond acceptors (Lipinski definition) is 4. The molecule has 1 N–H and O–H groups in total. The van der Waals surface area contributed by atoms with E-state index in [9.17, 15) is 9.59 Å². The molecule has 0 saturated carbocycles. The second kappa shape index (κ2) is 6.89. The van der Waals surface area contributed by atoms with Crippen molar-refractivity contribution >= 4 is 28.9 Å². The van der Waals surface area contributed by atoms with E-state index in [0.717, 1.165) is 0 Å². The number of carbonyl (C=O) groups excluding carboxylic acids is 2. The van der Waals surface area contributed by atoms with Crippen LogP contribution in [-0.2, 0) is 0 Å². The lowest BCUT2D eigenvalue weighted by molar-refractivity contribution is 0.0734. The van der Waals surface area contributed by atoms with Gasteiger partial charge in [0.15, 0.2) is 0 Å². The van der Waals surface area contributed by atoms with Gasteiger partial charge in [-0.15, -0.1) is 11.3 Å². The number of hydrogen-bond donors (Lipinski definition) is 1. The van der Waals surface area contributed by atoms with Gasteiger partial charge in [0.05, 0.1) is 10.4 Å². The summed E-state index contributed by atoms with van der Waals surface area (Å²) in [4.78, 5) is 24.5. The van der Waals surface area contributed by atoms with Gasteiger partial charge in [-0.05, 0) is 47.8 Å². The van der Waals surface area contributed by atoms with Gasteiger partial charge in [0.2, 0.25) is 0 Å². The highest BCUT2D eigenvalue weighted by molar-refractivity contribution is 7.12. The average Bonchev–Trinajstić information content (AvgIpc) is 3.12. The molecule has 0 saturated heterocycles. The molecule has 5 heteroatoms. The van der Waals surface area contributed by atoms with Crippen molar-refractivity contribution < 1.29 is 14.3 Å². The van der Waals surface area contributed by atoms with E-state index < -0.39 is 5.97 Å². The second-order valence-electron chi connectivity index (χ2n) is 4.71. The molecule has 3 rings (SSSR count). The van der Waals surface area contributed by atoms with Gasteiger partial charge in [-0.25, -0.2) is 4.79 Å². The standard InChI is InChI=1S/C18H13NO3S/c20-17(16-7-4-12-23-16)19-14-8-10-15(11-9-14)22-18(21)13-5-2-1-3-6-13/h1-12H,(H,19,20). The predicted molar refractivity (Wildman–Crippen MR) is 90.1 cm³/mol. The topological polar surface area (TPSA) is 55.4 Å². The number of nitrogens with one attached hydrogen (secondary N) is 1. The molecule has 23 heavy (non-hydrogen) atoms. The third-order valence-electron chi connectivity index (χ3n) is 3.08. The summed E-state index contributed by atoms with van der Waals surface area (Å²) in [6.07, 6.45) is 0. The maximum absolute atomic E-state index is 11.9. The Morgan fingerprint density at radius 2 is 1.61 bits per heavy atom. The summed E-state index contributed by atoms with van der Waals surface area (Å²) in [6, 6.07) is 19.0. The summed E-state index contributed by atoms with van der Waals surface area (Å²) in [6.45, 7) is 0. The number of rotatable bonds is 4. The molecule has 1 amide bonds. The summed E-state index contributed by atoms with van der Waals surface area (Å²) in [7, 11) is 0. The van der Waals surface area contributed by atoms with Crippen molar-refractivity contribution in [2.45, 2.75) is 0 Å². The largest absolute Gasteiger partial charge is 0.423 e. The van der Waals surface area contributed by atoms with Gasteiger partial charge in [0.1, 0.15) is 5.75 Å². The summed E-state index contributed by atoms with van der Waals surface area (Å²) in [5.74, 6) is -0.150. The van der Waals surface area contributed by atoms with Crippen molar-refractivity contribution in [3.05, 3.63) is 82.6 Å². The Kier molecular flexibility index (Phi) is 4.49. The average molecular weight is 323 g/mol. The zero-order chi connectivity index (χ0) is 16.1. The van der Waals surface area contributed by atoms with Gasteiger partial charge in [-0.2, -0.15) is 0 Å². The first kappa shape index (κ1) is 15.0. The molecule has 0 bridgehead atoms. The highest BCUT2D eigenvalue weighted by Gasteiger charge is 2.09. The quantitative estimate of drug-likeness (QED) is 0.578. The Morgan fingerprint density at radius 1 is 0.870 bits per heavy atom. The van der Waals surface area contributed by atoms with Gasteiger partial charge >= 0.3 is 5.97 Å². The fraction of sp³-hybridized carbons (Fsp3) is 0. The van der Waals surface area contributed by atoms with Crippen LogP contribution in [0.4, 0.5) is 5.69 Å². The Labute approximate surface area is 137 Å². The number of esters is 1. The van der Waals surface area contributed by atoms with E-state index in [1.807, 2.05) is 17.5 Å². The molecule has 0 aliphatic heterocycles. The molecule has 0 aliphatic carbocycles. The molecule has 4 nitrogen and oxygen atoms in total. The van der Waals surface area contributed by atoms with Gasteiger partial charge in [-0.1, -0.05) is 24.3 Å². The summed E-state index contributed by atoms with van der Waals surface area (Å²) >= 11 is 1.38. The van der Waals surface area contributed by atoms with E-state index in [-0.39, 0.29) is 5.91 Å². The monoisotopic (exact) mass is 323 g/mol. The minimum atomic E-state index is -0.416. The maximum Gasteiger partial charge on any atom is 0.343 e. The second-order valence-corrected chi connectivity index (χ2v) is 5.66. The van der Waals surface area contributed by atoms with E-state index in [1.54, 1.807) is 54.6 Å². The first-order valence-electron chi connectivity index (χ1n) is 6.94. The van der Waals surface area contributed by atoms with E-state index in [2.05, 4.69) is 5.32 Å². The molecule has 3 aromatic rings. The van der Waals surface area contributed by atoms with Crippen molar-refractivity contribution in [2.24, 2.45) is 0 Å². The van der Waals surface area contributed by atoms with Crippen molar-refractivity contribution in [3.63, 3.8) is 0 Å². The van der Waals surface area contributed by atoms with Crippen LogP contribution in [0.2, 0.25) is 0 Å². The molecule has 1 heterocycles. The van der Waals surface area contributed by atoms with Crippen molar-refractivity contribution in [2.75, 3.05) is 5.32 Å². The van der Waals surface area contributed by atoms with Gasteiger partial charge in [0.25, 0.3) is 5.91 Å². The highest BCUT2D eigenvalue weighted by atomic mass is 32.1. The SMILES string of the molecule is O=C(Oc1ccc(NC(=O)c2cccs2)cc1)c1ccccc1. The lowest BCUT2D eigenvalue weighted by Gasteiger charge is -2.06. The zero-order valence-electron chi connectivity index (χ0n) is 12.1. The molecule has 0 atom stereocenters. The van der Waals surface area contributed by atoms with E-state index >= 15 is 0 Å². The van der Waals surface area contributed by atoms with Crippen LogP contribution < -0.4 is 10.1 Å². The van der Waals surface area contributed by atoms with Crippen molar-refractivity contribution in [1.29, 1.82) is 0 Å². The normalized spacial score (nSPS) is 10.1. The first-order valence-corrected chi connectivity index (χ1v) is 7.82. The molecule has 0 aliphatic rings. The molecule has 2 aromatic carbocycles. The van der Waals surface area contributed by atoms with E-state index in [0.29, 0.717) is 21.9 Å². The highest BCUT2D eigenvalue weighted by Crippen LogP contribution is 2.18. The lowest BCUT2D eigenvalue weighted by Crippen LogP contribution is -2.10. The minimum absolute atomic E-state index is 0.158. The molecular weight excluding hydrogens is 310 g/mol. The van der Waals surface area contributed by atoms with Crippen LogP contribution in [0, 0.1) is 0 Å². The van der Waals surface area contributed by atoms with Crippen LogP contribution in [0.1, 0.15) is 20.0 Å². The number of anilines is 1. The Hall–Kier alpha value is -2.92. The number of benzene rings is 2. The molecular formula is C18H13NO3S. The van der Waals surface area contributed by atoms with Crippen molar-refractivity contribution in [1.82, 2.24) is 0 Å². The Morgan fingerprint density at radius 3 is 2.26 bits per heavy atom. The number of carbonyl (C=O) groups is 2. The third kappa shape index (κ3) is 3.84. The molecule has 0 unspecified atom stereocenters. The fourth-order valence-electron chi connectivity index (χ4n) is 1.95. The van der Waals surface area contributed by atoms with Gasteiger partial charge < -0.3 is 10.1 Å². The summed E-state index contributed by atoms with van der Waals surface area (Å²) in [5, 5.41) is 4.64. The van der Waals surface area contributed by atoms with E-state index in [4.69, 9.17) is 4.74 Å². The fourth-order valence-corrected chi connectivity index (χ4v) is 2.57. The molecule has 0 radical (unpaired) electrons.